The zero-order chi connectivity index (χ0) is 20.8. The second-order valence-electron chi connectivity index (χ2n) is 6.46. The van der Waals surface area contributed by atoms with Crippen LogP contribution in [0.4, 0.5) is 0 Å². The van der Waals surface area contributed by atoms with Crippen LogP contribution >= 0.6 is 11.3 Å². The molecule has 3 heterocycles. The van der Waals surface area contributed by atoms with Gasteiger partial charge in [0.25, 0.3) is 0 Å². The van der Waals surface area contributed by atoms with E-state index in [1.54, 1.807) is 10.6 Å². The lowest BCUT2D eigenvalue weighted by atomic mass is 10.2. The Labute approximate surface area is 173 Å². The first-order valence-corrected chi connectivity index (χ1v) is 10.4. The molecule has 0 fully saturated rings. The van der Waals surface area contributed by atoms with Crippen molar-refractivity contribution in [3.05, 3.63) is 41.8 Å². The SMILES string of the molecule is C=Cc1cc(-c2cn3nc(C)sc3n2)oc1C(=C)OCCCCCC(=O)OCC. The van der Waals surface area contributed by atoms with Gasteiger partial charge >= 0.3 is 5.97 Å². The number of aromatic nitrogens is 3. The molecule has 0 saturated carbocycles. The maximum Gasteiger partial charge on any atom is 0.305 e. The molecule has 0 N–H and O–H groups in total. The number of aryl methyl sites for hydroxylation is 1. The van der Waals surface area contributed by atoms with Crippen LogP contribution in [0.5, 0.6) is 0 Å². The van der Waals surface area contributed by atoms with Crippen molar-refractivity contribution in [1.82, 2.24) is 14.6 Å². The van der Waals surface area contributed by atoms with Gasteiger partial charge in [0.15, 0.2) is 17.3 Å². The number of hydrogen-bond donors (Lipinski definition) is 0. The van der Waals surface area contributed by atoms with E-state index in [2.05, 4.69) is 23.2 Å². The molecule has 0 radical (unpaired) electrons. The van der Waals surface area contributed by atoms with Gasteiger partial charge in [0.1, 0.15) is 10.7 Å². The summed E-state index contributed by atoms with van der Waals surface area (Å²) in [5, 5.41) is 5.32. The van der Waals surface area contributed by atoms with Gasteiger partial charge in [0, 0.05) is 12.0 Å². The number of nitrogens with zero attached hydrogens (tertiary/aromatic N) is 3. The molecule has 29 heavy (non-hydrogen) atoms. The van der Waals surface area contributed by atoms with Crippen LogP contribution in [0, 0.1) is 6.92 Å². The highest BCUT2D eigenvalue weighted by atomic mass is 32.1. The Hall–Kier alpha value is -2.87. The molecule has 0 spiro atoms. The molecule has 0 saturated heterocycles. The third-order valence-electron chi connectivity index (χ3n) is 4.24. The minimum absolute atomic E-state index is 0.152. The molecule has 0 aliphatic carbocycles. The second kappa shape index (κ2) is 9.56. The van der Waals surface area contributed by atoms with E-state index in [-0.39, 0.29) is 5.97 Å². The highest BCUT2D eigenvalue weighted by Crippen LogP contribution is 2.31. The normalized spacial score (nSPS) is 11.0. The molecule has 3 aromatic rings. The minimum atomic E-state index is -0.152. The lowest BCUT2D eigenvalue weighted by Gasteiger charge is -2.08. The Morgan fingerprint density at radius 1 is 1.34 bits per heavy atom. The van der Waals surface area contributed by atoms with Crippen molar-refractivity contribution in [3.8, 4) is 11.5 Å². The molecule has 8 heteroatoms. The Kier molecular flexibility index (Phi) is 6.87. The number of furan rings is 1. The number of unbranched alkanes of at least 4 members (excludes halogenated alkanes) is 2. The van der Waals surface area contributed by atoms with Gasteiger partial charge in [0.05, 0.1) is 19.4 Å². The average Bonchev–Trinajstić information content (AvgIpc) is 3.36. The first kappa shape index (κ1) is 20.9. The summed E-state index contributed by atoms with van der Waals surface area (Å²) < 4.78 is 18.4. The van der Waals surface area contributed by atoms with Crippen molar-refractivity contribution < 1.29 is 18.7 Å². The maximum atomic E-state index is 11.3. The highest BCUT2D eigenvalue weighted by molar-refractivity contribution is 7.16. The first-order chi connectivity index (χ1) is 14.0. The molecule has 7 nitrogen and oxygen atoms in total. The van der Waals surface area contributed by atoms with E-state index < -0.39 is 0 Å². The summed E-state index contributed by atoms with van der Waals surface area (Å²) in [4.78, 5) is 16.7. The Morgan fingerprint density at radius 2 is 2.17 bits per heavy atom. The fourth-order valence-electron chi connectivity index (χ4n) is 2.86. The molecule has 0 atom stereocenters. The number of carbonyl (C=O) groups excluding carboxylic acids is 1. The van der Waals surface area contributed by atoms with Gasteiger partial charge in [-0.05, 0) is 39.2 Å². The highest BCUT2D eigenvalue weighted by Gasteiger charge is 2.17. The van der Waals surface area contributed by atoms with E-state index in [0.29, 0.717) is 42.6 Å². The quantitative estimate of drug-likeness (QED) is 0.246. The van der Waals surface area contributed by atoms with Gasteiger partial charge in [0.2, 0.25) is 4.96 Å². The van der Waals surface area contributed by atoms with Crippen molar-refractivity contribution in [2.75, 3.05) is 13.2 Å². The third-order valence-corrected chi connectivity index (χ3v) is 5.08. The van der Waals surface area contributed by atoms with Crippen LogP contribution in [0.2, 0.25) is 0 Å². The Balaban J connectivity index is 1.55. The van der Waals surface area contributed by atoms with E-state index in [1.807, 2.05) is 26.1 Å². The minimum Gasteiger partial charge on any atom is -0.490 e. The average molecular weight is 416 g/mol. The number of esters is 1. The second-order valence-corrected chi connectivity index (χ2v) is 7.62. The molecule has 0 aliphatic rings. The molecule has 3 aromatic heterocycles. The van der Waals surface area contributed by atoms with Crippen molar-refractivity contribution in [1.29, 1.82) is 0 Å². The van der Waals surface area contributed by atoms with Crippen LogP contribution in [0.15, 0.2) is 29.8 Å². The van der Waals surface area contributed by atoms with E-state index in [9.17, 15) is 4.79 Å². The lowest BCUT2D eigenvalue weighted by Crippen LogP contribution is -2.03. The predicted molar refractivity (Wildman–Crippen MR) is 113 cm³/mol. The molecule has 154 valence electrons. The molecule has 0 aliphatic heterocycles. The predicted octanol–water partition coefficient (Wildman–Crippen LogP) is 5.11. The molecule has 0 unspecified atom stereocenters. The molecular weight excluding hydrogens is 390 g/mol. The summed E-state index contributed by atoms with van der Waals surface area (Å²) in [7, 11) is 0. The maximum absolute atomic E-state index is 11.3. The molecule has 0 aromatic carbocycles. The monoisotopic (exact) mass is 415 g/mol. The van der Waals surface area contributed by atoms with Crippen LogP contribution < -0.4 is 0 Å². The van der Waals surface area contributed by atoms with Crippen molar-refractivity contribution in [3.63, 3.8) is 0 Å². The number of carbonyl (C=O) groups is 1. The third kappa shape index (κ3) is 5.14. The van der Waals surface area contributed by atoms with Crippen molar-refractivity contribution >= 4 is 34.1 Å². The van der Waals surface area contributed by atoms with E-state index in [4.69, 9.17) is 13.9 Å². The van der Waals surface area contributed by atoms with E-state index in [0.717, 1.165) is 34.8 Å². The molecule has 0 bridgehead atoms. The zero-order valence-electron chi connectivity index (χ0n) is 16.8. The number of hydrogen-bond acceptors (Lipinski definition) is 7. The number of rotatable bonds is 11. The largest absolute Gasteiger partial charge is 0.490 e. The lowest BCUT2D eigenvalue weighted by molar-refractivity contribution is -0.143. The summed E-state index contributed by atoms with van der Waals surface area (Å²) in [6.45, 7) is 12.5. The van der Waals surface area contributed by atoms with Gasteiger partial charge in [-0.25, -0.2) is 9.50 Å². The first-order valence-electron chi connectivity index (χ1n) is 9.59. The molecule has 0 amide bonds. The van der Waals surface area contributed by atoms with Crippen LogP contribution in [0.25, 0.3) is 28.3 Å². The van der Waals surface area contributed by atoms with Crippen LogP contribution in [-0.2, 0) is 14.3 Å². The summed E-state index contributed by atoms with van der Waals surface area (Å²) in [5.41, 5.74) is 1.50. The van der Waals surface area contributed by atoms with Gasteiger partial charge in [-0.2, -0.15) is 5.10 Å². The topological polar surface area (TPSA) is 78.9 Å². The summed E-state index contributed by atoms with van der Waals surface area (Å²) in [5.74, 6) is 1.46. The Morgan fingerprint density at radius 3 is 2.90 bits per heavy atom. The van der Waals surface area contributed by atoms with Crippen LogP contribution in [0.3, 0.4) is 0 Å². The smallest absolute Gasteiger partial charge is 0.305 e. The number of imidazole rings is 1. The van der Waals surface area contributed by atoms with Gasteiger partial charge in [-0.1, -0.05) is 30.6 Å². The standard InChI is InChI=1S/C21H25N3O4S/c1-5-16-12-18(17-13-24-21(22-17)29-15(4)23-24)28-20(16)14(3)27-11-9-7-8-10-19(25)26-6-2/h5,12-13H,1,3,6-11H2,2,4H3. The summed E-state index contributed by atoms with van der Waals surface area (Å²) >= 11 is 1.52. The summed E-state index contributed by atoms with van der Waals surface area (Å²) in [6.07, 6.45) is 6.45. The fourth-order valence-corrected chi connectivity index (χ4v) is 3.59. The zero-order valence-corrected chi connectivity index (χ0v) is 17.6. The van der Waals surface area contributed by atoms with Crippen LogP contribution in [0.1, 0.15) is 48.9 Å². The summed E-state index contributed by atoms with van der Waals surface area (Å²) in [6, 6.07) is 1.87. The van der Waals surface area contributed by atoms with Crippen molar-refractivity contribution in [2.24, 2.45) is 0 Å². The van der Waals surface area contributed by atoms with Gasteiger partial charge in [-0.3, -0.25) is 4.79 Å². The number of fused-ring (bicyclic) bond motifs is 1. The Bertz CT molecular complexity index is 983. The molecule has 3 rings (SSSR count). The molecular formula is C21H25N3O4S. The fraction of sp³-hybridized carbons (Fsp3) is 0.381. The van der Waals surface area contributed by atoms with Gasteiger partial charge < -0.3 is 13.9 Å². The van der Waals surface area contributed by atoms with E-state index in [1.165, 1.54) is 11.3 Å². The van der Waals surface area contributed by atoms with E-state index >= 15 is 0 Å². The van der Waals surface area contributed by atoms with Crippen LogP contribution in [-0.4, -0.2) is 33.8 Å². The van der Waals surface area contributed by atoms with Gasteiger partial charge in [-0.15, -0.1) is 0 Å². The number of ether oxygens (including phenoxy) is 2. The van der Waals surface area contributed by atoms with Crippen molar-refractivity contribution in [2.45, 2.75) is 39.5 Å².